The van der Waals surface area contributed by atoms with Crippen molar-refractivity contribution in [2.24, 2.45) is 0 Å². The monoisotopic (exact) mass is 249 g/mol. The maximum Gasteiger partial charge on any atom is 0.253 e. The Kier molecular flexibility index (Phi) is 4.33. The van der Waals surface area contributed by atoms with Gasteiger partial charge in [-0.3, -0.25) is 4.79 Å². The first-order chi connectivity index (χ1) is 8.77. The number of aryl methyl sites for hydroxylation is 1. The summed E-state index contributed by atoms with van der Waals surface area (Å²) in [5, 5.41) is 9.10. The second-order valence-corrected chi connectivity index (χ2v) is 4.43. The second kappa shape index (κ2) is 5.98. The summed E-state index contributed by atoms with van der Waals surface area (Å²) in [6.45, 7) is 2.75. The molecule has 0 spiro atoms. The molecule has 1 heterocycles. The second-order valence-electron chi connectivity index (χ2n) is 4.43. The van der Waals surface area contributed by atoms with Crippen molar-refractivity contribution in [1.82, 2.24) is 0 Å². The first kappa shape index (κ1) is 13.1. The minimum atomic E-state index is -0.0658. The first-order valence-electron chi connectivity index (χ1n) is 6.36. The van der Waals surface area contributed by atoms with Gasteiger partial charge in [-0.05, 0) is 24.5 Å². The number of para-hydroxylation sites is 1. The molecule has 1 unspecified atom stereocenters. The predicted molar refractivity (Wildman–Crippen MR) is 69.6 cm³/mol. The summed E-state index contributed by atoms with van der Waals surface area (Å²) >= 11 is 0. The third kappa shape index (κ3) is 2.54. The molecule has 0 radical (unpaired) electrons. The normalized spacial score (nSPS) is 20.2. The highest BCUT2D eigenvalue weighted by molar-refractivity contribution is 5.96. The Morgan fingerprint density at radius 1 is 1.44 bits per heavy atom. The lowest BCUT2D eigenvalue weighted by Gasteiger charge is -2.36. The van der Waals surface area contributed by atoms with Crippen LogP contribution in [-0.2, 0) is 16.0 Å². The lowest BCUT2D eigenvalue weighted by molar-refractivity contribution is -0.127. The number of ether oxygens (including phenoxy) is 1. The van der Waals surface area contributed by atoms with E-state index in [4.69, 9.17) is 9.84 Å². The lowest BCUT2D eigenvalue weighted by Crippen LogP contribution is -2.50. The van der Waals surface area contributed by atoms with Crippen LogP contribution in [0.25, 0.3) is 0 Å². The SMILES string of the molecule is CCc1ccccc1N1C(=O)COCC1CCO. The van der Waals surface area contributed by atoms with Crippen molar-refractivity contribution < 1.29 is 14.6 Å². The van der Waals surface area contributed by atoms with Crippen LogP contribution in [0.15, 0.2) is 24.3 Å². The number of aliphatic hydroxyl groups excluding tert-OH is 1. The zero-order valence-corrected chi connectivity index (χ0v) is 10.6. The number of anilines is 1. The summed E-state index contributed by atoms with van der Waals surface area (Å²) in [5.74, 6) is -0.0272. The number of carbonyl (C=O) groups excluding carboxylic acids is 1. The summed E-state index contributed by atoms with van der Waals surface area (Å²) in [7, 11) is 0. The van der Waals surface area contributed by atoms with Gasteiger partial charge in [0.05, 0.1) is 12.6 Å². The highest BCUT2D eigenvalue weighted by Gasteiger charge is 2.30. The van der Waals surface area contributed by atoms with Gasteiger partial charge in [0.1, 0.15) is 6.61 Å². The fourth-order valence-corrected chi connectivity index (χ4v) is 2.37. The Morgan fingerprint density at radius 2 is 2.22 bits per heavy atom. The van der Waals surface area contributed by atoms with E-state index in [2.05, 4.69) is 6.92 Å². The van der Waals surface area contributed by atoms with Gasteiger partial charge < -0.3 is 14.7 Å². The third-order valence-corrected chi connectivity index (χ3v) is 3.26. The number of rotatable bonds is 4. The van der Waals surface area contributed by atoms with Gasteiger partial charge in [0.25, 0.3) is 5.91 Å². The minimum absolute atomic E-state index is 0.0272. The maximum atomic E-state index is 12.1. The fraction of sp³-hybridized carbons (Fsp3) is 0.500. The maximum absolute atomic E-state index is 12.1. The molecule has 4 nitrogen and oxygen atoms in total. The molecule has 98 valence electrons. The van der Waals surface area contributed by atoms with Crippen LogP contribution in [0.5, 0.6) is 0 Å². The Labute approximate surface area is 107 Å². The number of hydrogen-bond donors (Lipinski definition) is 1. The summed E-state index contributed by atoms with van der Waals surface area (Å²) in [6.07, 6.45) is 1.43. The molecule has 1 aliphatic heterocycles. The number of benzene rings is 1. The van der Waals surface area contributed by atoms with Crippen LogP contribution in [0.3, 0.4) is 0 Å². The van der Waals surface area contributed by atoms with Crippen LogP contribution >= 0.6 is 0 Å². The van der Waals surface area contributed by atoms with E-state index in [1.54, 1.807) is 4.90 Å². The van der Waals surface area contributed by atoms with Crippen molar-refractivity contribution in [3.63, 3.8) is 0 Å². The van der Waals surface area contributed by atoms with Crippen LogP contribution in [0, 0.1) is 0 Å². The van der Waals surface area contributed by atoms with Crippen molar-refractivity contribution in [3.05, 3.63) is 29.8 Å². The molecule has 4 heteroatoms. The van der Waals surface area contributed by atoms with Crippen LogP contribution in [0.4, 0.5) is 5.69 Å². The molecule has 0 aliphatic carbocycles. The van der Waals surface area contributed by atoms with Crippen LogP contribution in [-0.4, -0.2) is 36.9 Å². The average molecular weight is 249 g/mol. The smallest absolute Gasteiger partial charge is 0.253 e. The molecule has 0 bridgehead atoms. The summed E-state index contributed by atoms with van der Waals surface area (Å²) < 4.78 is 5.27. The Hall–Kier alpha value is -1.39. The van der Waals surface area contributed by atoms with E-state index in [9.17, 15) is 4.79 Å². The summed E-state index contributed by atoms with van der Waals surface area (Å²) in [5.41, 5.74) is 2.10. The fourth-order valence-electron chi connectivity index (χ4n) is 2.37. The van der Waals surface area contributed by atoms with Crippen molar-refractivity contribution in [3.8, 4) is 0 Å². The number of nitrogens with zero attached hydrogens (tertiary/aromatic N) is 1. The molecule has 1 aliphatic rings. The number of morpholine rings is 1. The summed E-state index contributed by atoms with van der Waals surface area (Å²) in [4.78, 5) is 13.9. The van der Waals surface area contributed by atoms with Gasteiger partial charge in [0.2, 0.25) is 0 Å². The van der Waals surface area contributed by atoms with E-state index >= 15 is 0 Å². The Morgan fingerprint density at radius 3 is 2.94 bits per heavy atom. The molecule has 1 aromatic carbocycles. The molecule has 1 aromatic rings. The molecule has 0 saturated carbocycles. The van der Waals surface area contributed by atoms with Gasteiger partial charge in [-0.15, -0.1) is 0 Å². The highest BCUT2D eigenvalue weighted by atomic mass is 16.5. The van der Waals surface area contributed by atoms with Gasteiger partial charge in [-0.2, -0.15) is 0 Å². The zero-order valence-electron chi connectivity index (χ0n) is 10.6. The van der Waals surface area contributed by atoms with Gasteiger partial charge in [0, 0.05) is 12.3 Å². The Bertz CT molecular complexity index is 417. The number of hydrogen-bond acceptors (Lipinski definition) is 3. The largest absolute Gasteiger partial charge is 0.396 e. The van der Waals surface area contributed by atoms with E-state index < -0.39 is 0 Å². The molecule has 2 rings (SSSR count). The Balaban J connectivity index is 2.34. The van der Waals surface area contributed by atoms with E-state index in [1.165, 1.54) is 0 Å². The molecule has 0 aromatic heterocycles. The van der Waals surface area contributed by atoms with Crippen molar-refractivity contribution >= 4 is 11.6 Å². The molecule has 1 amide bonds. The molecule has 1 atom stereocenters. The molecular formula is C14H19NO3. The summed E-state index contributed by atoms with van der Waals surface area (Å²) in [6, 6.07) is 7.85. The van der Waals surface area contributed by atoms with Crippen LogP contribution in [0.2, 0.25) is 0 Å². The third-order valence-electron chi connectivity index (χ3n) is 3.26. The minimum Gasteiger partial charge on any atom is -0.396 e. The average Bonchev–Trinajstić information content (AvgIpc) is 2.39. The van der Waals surface area contributed by atoms with Gasteiger partial charge in [-0.1, -0.05) is 25.1 Å². The quantitative estimate of drug-likeness (QED) is 0.876. The highest BCUT2D eigenvalue weighted by Crippen LogP contribution is 2.26. The van der Waals surface area contributed by atoms with Crippen molar-refractivity contribution in [2.45, 2.75) is 25.8 Å². The zero-order chi connectivity index (χ0) is 13.0. The van der Waals surface area contributed by atoms with Gasteiger partial charge in [-0.25, -0.2) is 0 Å². The molecule has 1 fully saturated rings. The van der Waals surface area contributed by atoms with Gasteiger partial charge in [0.15, 0.2) is 0 Å². The van der Waals surface area contributed by atoms with Crippen LogP contribution in [0.1, 0.15) is 18.9 Å². The van der Waals surface area contributed by atoms with Gasteiger partial charge >= 0.3 is 0 Å². The lowest BCUT2D eigenvalue weighted by atomic mass is 10.1. The van der Waals surface area contributed by atoms with Crippen molar-refractivity contribution in [2.75, 3.05) is 24.7 Å². The topological polar surface area (TPSA) is 49.8 Å². The van der Waals surface area contributed by atoms with E-state index in [0.717, 1.165) is 17.7 Å². The number of amides is 1. The first-order valence-corrected chi connectivity index (χ1v) is 6.36. The standard InChI is InChI=1S/C14H19NO3/c1-2-11-5-3-4-6-13(11)15-12(7-8-16)9-18-10-14(15)17/h3-6,12,16H,2,7-10H2,1H3. The van der Waals surface area contributed by atoms with E-state index in [-0.39, 0.29) is 25.2 Å². The predicted octanol–water partition coefficient (Wildman–Crippen LogP) is 1.36. The number of carbonyl (C=O) groups is 1. The van der Waals surface area contributed by atoms with Crippen LogP contribution < -0.4 is 4.90 Å². The van der Waals surface area contributed by atoms with E-state index in [0.29, 0.717) is 13.0 Å². The molecule has 1 saturated heterocycles. The molecule has 18 heavy (non-hydrogen) atoms. The van der Waals surface area contributed by atoms with Crippen molar-refractivity contribution in [1.29, 1.82) is 0 Å². The van der Waals surface area contributed by atoms with E-state index in [1.807, 2.05) is 24.3 Å². The molecular weight excluding hydrogens is 230 g/mol. The molecule has 1 N–H and O–H groups in total. The number of aliphatic hydroxyl groups is 1.